The Kier molecular flexibility index (Phi) is 4.78. The van der Waals surface area contributed by atoms with Crippen molar-refractivity contribution in [2.75, 3.05) is 18.4 Å². The van der Waals surface area contributed by atoms with Crippen LogP contribution in [0.5, 0.6) is 0 Å². The van der Waals surface area contributed by atoms with Crippen molar-refractivity contribution in [3.05, 3.63) is 30.3 Å². The van der Waals surface area contributed by atoms with Crippen molar-refractivity contribution in [1.82, 2.24) is 4.90 Å². The Labute approximate surface area is 150 Å². The molecule has 2 amide bonds. The lowest BCUT2D eigenvalue weighted by molar-refractivity contribution is -0.135. The summed E-state index contributed by atoms with van der Waals surface area (Å²) >= 11 is 0. The van der Waals surface area contributed by atoms with Crippen LogP contribution in [0, 0.1) is 23.7 Å². The van der Waals surface area contributed by atoms with E-state index in [0.717, 1.165) is 49.9 Å². The minimum Gasteiger partial charge on any atom is -0.343 e. The van der Waals surface area contributed by atoms with Gasteiger partial charge < -0.3 is 10.2 Å². The van der Waals surface area contributed by atoms with Gasteiger partial charge in [-0.1, -0.05) is 24.6 Å². The topological polar surface area (TPSA) is 49.4 Å². The van der Waals surface area contributed by atoms with Gasteiger partial charge in [0.2, 0.25) is 11.8 Å². The van der Waals surface area contributed by atoms with E-state index in [-0.39, 0.29) is 11.8 Å². The number of carbonyl (C=O) groups excluding carboxylic acids is 2. The summed E-state index contributed by atoms with van der Waals surface area (Å²) in [6, 6.07) is 9.60. The third kappa shape index (κ3) is 3.73. The molecule has 25 heavy (non-hydrogen) atoms. The molecule has 1 saturated heterocycles. The molecule has 0 aromatic heterocycles. The number of likely N-dealkylation sites (tertiary alicyclic amines) is 1. The molecule has 1 aliphatic heterocycles. The average Bonchev–Trinajstić information content (AvgIpc) is 3.25. The number of rotatable bonds is 4. The first-order valence-corrected chi connectivity index (χ1v) is 9.82. The molecule has 4 heteroatoms. The molecule has 1 N–H and O–H groups in total. The fraction of sp³-hybridized carbons (Fsp3) is 0.619. The van der Waals surface area contributed by atoms with Gasteiger partial charge in [0.1, 0.15) is 0 Å². The van der Waals surface area contributed by atoms with Gasteiger partial charge in [-0.15, -0.1) is 0 Å². The Morgan fingerprint density at radius 3 is 2.40 bits per heavy atom. The van der Waals surface area contributed by atoms with E-state index in [4.69, 9.17) is 0 Å². The summed E-state index contributed by atoms with van der Waals surface area (Å²) < 4.78 is 0. The van der Waals surface area contributed by atoms with E-state index >= 15 is 0 Å². The van der Waals surface area contributed by atoms with Crippen molar-refractivity contribution in [2.24, 2.45) is 23.7 Å². The molecule has 1 heterocycles. The second-order valence-corrected chi connectivity index (χ2v) is 8.15. The third-order valence-electron chi connectivity index (χ3n) is 6.58. The number of fused-ring (bicyclic) bond motifs is 2. The van der Waals surface area contributed by atoms with E-state index in [1.165, 1.54) is 25.7 Å². The predicted octanol–water partition coefficient (Wildman–Crippen LogP) is 3.69. The molecule has 3 fully saturated rings. The van der Waals surface area contributed by atoms with E-state index in [2.05, 4.69) is 5.32 Å². The first kappa shape index (κ1) is 16.6. The third-order valence-corrected chi connectivity index (χ3v) is 6.58. The smallest absolute Gasteiger partial charge is 0.227 e. The van der Waals surface area contributed by atoms with Crippen molar-refractivity contribution in [2.45, 2.75) is 44.9 Å². The van der Waals surface area contributed by atoms with Crippen molar-refractivity contribution in [3.63, 3.8) is 0 Å². The zero-order chi connectivity index (χ0) is 17.2. The molecule has 1 aromatic carbocycles. The summed E-state index contributed by atoms with van der Waals surface area (Å²) in [5.41, 5.74) is 0.849. The maximum absolute atomic E-state index is 12.6. The molecule has 0 unspecified atom stereocenters. The van der Waals surface area contributed by atoms with Gasteiger partial charge in [-0.3, -0.25) is 9.59 Å². The molecule has 2 aliphatic carbocycles. The van der Waals surface area contributed by atoms with Crippen LogP contribution in [-0.2, 0) is 9.59 Å². The van der Waals surface area contributed by atoms with Crippen molar-refractivity contribution < 1.29 is 9.59 Å². The largest absolute Gasteiger partial charge is 0.343 e. The number of nitrogens with zero attached hydrogens (tertiary/aromatic N) is 1. The van der Waals surface area contributed by atoms with Crippen LogP contribution in [-0.4, -0.2) is 29.8 Å². The highest BCUT2D eigenvalue weighted by molar-refractivity contribution is 5.92. The van der Waals surface area contributed by atoms with Crippen LogP contribution in [0.4, 0.5) is 5.69 Å². The van der Waals surface area contributed by atoms with Crippen LogP contribution in [0.15, 0.2) is 30.3 Å². The molecule has 2 bridgehead atoms. The molecule has 4 rings (SSSR count). The predicted molar refractivity (Wildman–Crippen MR) is 97.9 cm³/mol. The fourth-order valence-corrected chi connectivity index (χ4v) is 5.14. The quantitative estimate of drug-likeness (QED) is 0.909. The number of anilines is 1. The second kappa shape index (κ2) is 7.19. The van der Waals surface area contributed by atoms with Gasteiger partial charge in [0.25, 0.3) is 0 Å². The Hall–Kier alpha value is -1.84. The number of hydrogen-bond acceptors (Lipinski definition) is 2. The molecule has 134 valence electrons. The molecule has 3 atom stereocenters. The monoisotopic (exact) mass is 340 g/mol. The second-order valence-electron chi connectivity index (χ2n) is 8.15. The number of amides is 2. The summed E-state index contributed by atoms with van der Waals surface area (Å²) in [7, 11) is 0. The summed E-state index contributed by atoms with van der Waals surface area (Å²) in [4.78, 5) is 27.0. The summed E-state index contributed by atoms with van der Waals surface area (Å²) in [5, 5.41) is 2.99. The van der Waals surface area contributed by atoms with E-state index < -0.39 is 0 Å². The SMILES string of the molecule is O=C(Nc1ccccc1)C1CCN(C(=O)C[C@@H]2C[C@@H]3CC[C@@H]2C3)CC1. The van der Waals surface area contributed by atoms with Crippen molar-refractivity contribution in [3.8, 4) is 0 Å². The first-order chi connectivity index (χ1) is 12.2. The minimum absolute atomic E-state index is 0.0201. The van der Waals surface area contributed by atoms with Crippen LogP contribution in [0.1, 0.15) is 44.9 Å². The summed E-state index contributed by atoms with van der Waals surface area (Å²) in [6.45, 7) is 1.46. The lowest BCUT2D eigenvalue weighted by atomic mass is 9.85. The number of nitrogens with one attached hydrogen (secondary N) is 1. The van der Waals surface area contributed by atoms with Gasteiger partial charge in [0.15, 0.2) is 0 Å². The number of benzene rings is 1. The van der Waals surface area contributed by atoms with Gasteiger partial charge >= 0.3 is 0 Å². The standard InChI is InChI=1S/C21H28N2O2/c24-20(14-18-13-15-6-7-17(18)12-15)23-10-8-16(9-11-23)21(25)22-19-4-2-1-3-5-19/h1-5,15-18H,6-14H2,(H,22,25)/t15-,17-,18+/m1/s1. The van der Waals surface area contributed by atoms with E-state index in [1.807, 2.05) is 35.2 Å². The molecule has 0 radical (unpaired) electrons. The molecular formula is C21H28N2O2. The van der Waals surface area contributed by atoms with Gasteiger partial charge in [-0.05, 0) is 62.0 Å². The molecule has 0 spiro atoms. The van der Waals surface area contributed by atoms with Gasteiger partial charge in [0, 0.05) is 31.1 Å². The number of piperidine rings is 1. The van der Waals surface area contributed by atoms with E-state index in [9.17, 15) is 9.59 Å². The van der Waals surface area contributed by atoms with Gasteiger partial charge in [0.05, 0.1) is 0 Å². The van der Waals surface area contributed by atoms with Crippen LogP contribution in [0.3, 0.4) is 0 Å². The molecule has 3 aliphatic rings. The number of hydrogen-bond donors (Lipinski definition) is 1. The van der Waals surface area contributed by atoms with Crippen LogP contribution >= 0.6 is 0 Å². The first-order valence-electron chi connectivity index (χ1n) is 9.82. The Bertz CT molecular complexity index is 622. The van der Waals surface area contributed by atoms with E-state index in [0.29, 0.717) is 11.8 Å². The average molecular weight is 340 g/mol. The molecule has 4 nitrogen and oxygen atoms in total. The Morgan fingerprint density at radius 1 is 1.00 bits per heavy atom. The van der Waals surface area contributed by atoms with Crippen molar-refractivity contribution >= 4 is 17.5 Å². The Balaban J connectivity index is 1.24. The Morgan fingerprint density at radius 2 is 1.76 bits per heavy atom. The normalized spacial score (nSPS) is 29.0. The highest BCUT2D eigenvalue weighted by atomic mass is 16.2. The van der Waals surface area contributed by atoms with Crippen LogP contribution in [0.25, 0.3) is 0 Å². The minimum atomic E-state index is 0.0201. The maximum Gasteiger partial charge on any atom is 0.227 e. The van der Waals surface area contributed by atoms with Gasteiger partial charge in [-0.25, -0.2) is 0 Å². The summed E-state index contributed by atoms with van der Waals surface area (Å²) in [6.07, 6.45) is 7.65. The zero-order valence-corrected chi connectivity index (χ0v) is 14.8. The van der Waals surface area contributed by atoms with E-state index in [1.54, 1.807) is 0 Å². The molecular weight excluding hydrogens is 312 g/mol. The highest BCUT2D eigenvalue weighted by Gasteiger charge is 2.41. The van der Waals surface area contributed by atoms with Crippen LogP contribution in [0.2, 0.25) is 0 Å². The fourth-order valence-electron chi connectivity index (χ4n) is 5.14. The maximum atomic E-state index is 12.6. The molecule has 2 saturated carbocycles. The van der Waals surface area contributed by atoms with Crippen LogP contribution < -0.4 is 5.32 Å². The lowest BCUT2D eigenvalue weighted by Gasteiger charge is -2.33. The molecule has 1 aromatic rings. The number of para-hydroxylation sites is 1. The van der Waals surface area contributed by atoms with Gasteiger partial charge in [-0.2, -0.15) is 0 Å². The summed E-state index contributed by atoms with van der Waals surface area (Å²) in [5.74, 6) is 2.77. The lowest BCUT2D eigenvalue weighted by Crippen LogP contribution is -2.42. The highest BCUT2D eigenvalue weighted by Crippen LogP contribution is 2.49. The number of carbonyl (C=O) groups is 2. The van der Waals surface area contributed by atoms with Crippen molar-refractivity contribution in [1.29, 1.82) is 0 Å². The zero-order valence-electron chi connectivity index (χ0n) is 14.8.